The van der Waals surface area contributed by atoms with Gasteiger partial charge in [0.05, 0.1) is 12.4 Å². The molecule has 0 aromatic rings. The van der Waals surface area contributed by atoms with Gasteiger partial charge >= 0.3 is 6.09 Å². The highest BCUT2D eigenvalue weighted by molar-refractivity contribution is 7.90. The zero-order valence-corrected chi connectivity index (χ0v) is 9.22. The monoisotopic (exact) mass is 225 g/mol. The van der Waals surface area contributed by atoms with Crippen molar-refractivity contribution in [2.45, 2.75) is 26.4 Å². The molecule has 0 radical (unpaired) electrons. The summed E-state index contributed by atoms with van der Waals surface area (Å²) in [5, 5.41) is 8.38. The summed E-state index contributed by atoms with van der Waals surface area (Å²) in [6.07, 6.45) is -1.04. The lowest BCUT2D eigenvalue weighted by Gasteiger charge is -2.19. The number of hydrogen-bond acceptors (Lipinski definition) is 5. The average molecular weight is 225 g/mol. The molecule has 0 saturated carbocycles. The van der Waals surface area contributed by atoms with Crippen molar-refractivity contribution in [3.05, 3.63) is 0 Å². The smallest absolute Gasteiger partial charge is 0.421 e. The second kappa shape index (κ2) is 4.61. The van der Waals surface area contributed by atoms with Gasteiger partial charge in [0.15, 0.2) is 0 Å². The summed E-state index contributed by atoms with van der Waals surface area (Å²) in [5.41, 5.74) is -0.751. The maximum Gasteiger partial charge on any atom is 0.421 e. The van der Waals surface area contributed by atoms with Crippen LogP contribution in [0.3, 0.4) is 0 Å². The van der Waals surface area contributed by atoms with Crippen LogP contribution in [0.2, 0.25) is 0 Å². The maximum atomic E-state index is 11.0. The summed E-state index contributed by atoms with van der Waals surface area (Å²) in [5.74, 6) is -0.522. The molecule has 0 bridgehead atoms. The predicted octanol–water partition coefficient (Wildman–Crippen LogP) is -0.167. The Morgan fingerprint density at radius 2 is 1.93 bits per heavy atom. The molecule has 0 unspecified atom stereocenters. The molecule has 1 amide bonds. The Kier molecular flexibility index (Phi) is 4.34. The average Bonchev–Trinajstić information content (AvgIpc) is 1.78. The lowest BCUT2D eigenvalue weighted by Crippen LogP contribution is -2.38. The van der Waals surface area contributed by atoms with Crippen molar-refractivity contribution in [3.8, 4) is 0 Å². The molecule has 2 N–H and O–H groups in total. The Balaban J connectivity index is 4.21. The van der Waals surface area contributed by atoms with Crippen molar-refractivity contribution < 1.29 is 23.1 Å². The Bertz CT molecular complexity index is 290. The molecule has 0 atom stereocenters. The molecule has 0 heterocycles. The summed E-state index contributed by atoms with van der Waals surface area (Å²) in [4.78, 5) is 11.0. The van der Waals surface area contributed by atoms with E-state index >= 15 is 0 Å². The Morgan fingerprint density at radius 1 is 1.43 bits per heavy atom. The van der Waals surface area contributed by atoms with E-state index in [0.29, 0.717) is 0 Å². The van der Waals surface area contributed by atoms with E-state index in [1.807, 2.05) is 0 Å². The van der Waals surface area contributed by atoms with Gasteiger partial charge in [0.1, 0.15) is 5.60 Å². The fourth-order valence-electron chi connectivity index (χ4n) is 0.597. The molecule has 7 heteroatoms. The first-order valence-electron chi connectivity index (χ1n) is 4.00. The lowest BCUT2D eigenvalue weighted by atomic mass is 10.2. The second-order valence-electron chi connectivity index (χ2n) is 3.65. The van der Waals surface area contributed by atoms with Crippen LogP contribution in [0, 0.1) is 0 Å². The molecule has 0 aromatic carbocycles. The van der Waals surface area contributed by atoms with Crippen molar-refractivity contribution in [2.75, 3.05) is 12.4 Å². The van der Waals surface area contributed by atoms with Gasteiger partial charge in [-0.2, -0.15) is 0 Å². The highest BCUT2D eigenvalue weighted by atomic mass is 32.2. The van der Waals surface area contributed by atoms with Crippen molar-refractivity contribution in [1.82, 2.24) is 4.72 Å². The summed E-state index contributed by atoms with van der Waals surface area (Å²) in [7, 11) is -3.78. The number of carbonyl (C=O) groups excluding carboxylic acids is 1. The number of ether oxygens (including phenoxy) is 1. The van der Waals surface area contributed by atoms with E-state index in [1.165, 1.54) is 0 Å². The Labute approximate surface area is 83.3 Å². The number of sulfonamides is 1. The van der Waals surface area contributed by atoms with E-state index in [4.69, 9.17) is 9.84 Å². The van der Waals surface area contributed by atoms with Crippen LogP contribution in [0.4, 0.5) is 4.79 Å². The van der Waals surface area contributed by atoms with E-state index in [-0.39, 0.29) is 0 Å². The molecule has 0 aromatic heterocycles. The van der Waals surface area contributed by atoms with E-state index in [2.05, 4.69) is 0 Å². The van der Waals surface area contributed by atoms with Crippen LogP contribution < -0.4 is 4.72 Å². The summed E-state index contributed by atoms with van der Waals surface area (Å²) >= 11 is 0. The van der Waals surface area contributed by atoms with Crippen LogP contribution >= 0.6 is 0 Å². The van der Waals surface area contributed by atoms with Crippen LogP contribution in [-0.4, -0.2) is 37.6 Å². The fourth-order valence-corrected chi connectivity index (χ4v) is 1.24. The van der Waals surface area contributed by atoms with E-state index in [9.17, 15) is 13.2 Å². The zero-order valence-electron chi connectivity index (χ0n) is 8.40. The Morgan fingerprint density at radius 3 is 2.29 bits per heavy atom. The molecule has 14 heavy (non-hydrogen) atoms. The minimum atomic E-state index is -3.78. The minimum Gasteiger partial charge on any atom is -0.443 e. The van der Waals surface area contributed by atoms with Crippen molar-refractivity contribution in [2.24, 2.45) is 0 Å². The van der Waals surface area contributed by atoms with Crippen molar-refractivity contribution >= 4 is 16.1 Å². The van der Waals surface area contributed by atoms with Gasteiger partial charge in [-0.25, -0.2) is 17.9 Å². The molecule has 0 fully saturated rings. The van der Waals surface area contributed by atoms with Gasteiger partial charge < -0.3 is 9.84 Å². The van der Waals surface area contributed by atoms with Crippen LogP contribution in [-0.2, 0) is 14.8 Å². The number of aliphatic hydroxyl groups is 1. The first kappa shape index (κ1) is 13.2. The standard InChI is InChI=1S/C7H15NO5S/c1-7(2,3)13-6(10)8-14(11,12)5-4-9/h9H,4-5H2,1-3H3,(H,8,10). The van der Waals surface area contributed by atoms with Crippen molar-refractivity contribution in [3.63, 3.8) is 0 Å². The number of nitrogens with one attached hydrogen (secondary N) is 1. The third kappa shape index (κ3) is 6.67. The normalized spacial score (nSPS) is 12.3. The molecule has 0 rings (SSSR count). The molecule has 0 aliphatic heterocycles. The molecule has 0 spiro atoms. The summed E-state index contributed by atoms with van der Waals surface area (Å²) in [6.45, 7) is 4.31. The van der Waals surface area contributed by atoms with Gasteiger partial charge in [-0.1, -0.05) is 0 Å². The third-order valence-electron chi connectivity index (χ3n) is 0.998. The van der Waals surface area contributed by atoms with Gasteiger partial charge in [-0.05, 0) is 20.8 Å². The highest BCUT2D eigenvalue weighted by Gasteiger charge is 2.20. The molecular weight excluding hydrogens is 210 g/mol. The first-order chi connectivity index (χ1) is 6.16. The quantitative estimate of drug-likeness (QED) is 0.695. The summed E-state index contributed by atoms with van der Waals surface area (Å²) in [6, 6.07) is 0. The number of aliphatic hydroxyl groups excluding tert-OH is 1. The SMILES string of the molecule is CC(C)(C)OC(=O)NS(=O)(=O)CCO. The highest BCUT2D eigenvalue weighted by Crippen LogP contribution is 2.06. The fraction of sp³-hybridized carbons (Fsp3) is 0.857. The Hall–Kier alpha value is -0.820. The minimum absolute atomic E-state index is 0.522. The van der Waals surface area contributed by atoms with Crippen LogP contribution in [0.25, 0.3) is 0 Å². The van der Waals surface area contributed by atoms with E-state index in [1.54, 1.807) is 25.5 Å². The van der Waals surface area contributed by atoms with Gasteiger partial charge in [-0.3, -0.25) is 0 Å². The molecule has 0 aliphatic carbocycles. The van der Waals surface area contributed by atoms with Gasteiger partial charge in [0, 0.05) is 0 Å². The summed E-state index contributed by atoms with van der Waals surface area (Å²) < 4.78 is 28.3. The molecule has 84 valence electrons. The molecule has 0 aliphatic rings. The van der Waals surface area contributed by atoms with Crippen LogP contribution in [0.15, 0.2) is 0 Å². The second-order valence-corrected chi connectivity index (χ2v) is 5.49. The van der Waals surface area contributed by atoms with E-state index < -0.39 is 34.1 Å². The lowest BCUT2D eigenvalue weighted by molar-refractivity contribution is 0.0570. The number of hydrogen-bond donors (Lipinski definition) is 2. The van der Waals surface area contributed by atoms with Crippen LogP contribution in [0.1, 0.15) is 20.8 Å². The number of carbonyl (C=O) groups is 1. The molecule has 6 nitrogen and oxygen atoms in total. The van der Waals surface area contributed by atoms with Gasteiger partial charge in [-0.15, -0.1) is 0 Å². The maximum absolute atomic E-state index is 11.0. The largest absolute Gasteiger partial charge is 0.443 e. The third-order valence-corrected chi connectivity index (χ3v) is 2.20. The number of amides is 1. The predicted molar refractivity (Wildman–Crippen MR) is 50.2 cm³/mol. The van der Waals surface area contributed by atoms with Crippen LogP contribution in [0.5, 0.6) is 0 Å². The van der Waals surface area contributed by atoms with Crippen molar-refractivity contribution in [1.29, 1.82) is 0 Å². The van der Waals surface area contributed by atoms with E-state index in [0.717, 1.165) is 0 Å². The molecular formula is C7H15NO5S. The topological polar surface area (TPSA) is 92.7 Å². The number of rotatable bonds is 3. The van der Waals surface area contributed by atoms with Gasteiger partial charge in [0.2, 0.25) is 10.0 Å². The first-order valence-corrected chi connectivity index (χ1v) is 5.66. The molecule has 0 saturated heterocycles. The van der Waals surface area contributed by atoms with Gasteiger partial charge in [0.25, 0.3) is 0 Å². The zero-order chi connectivity index (χ0) is 11.4.